The molecule has 0 spiro atoms. The summed E-state index contributed by atoms with van der Waals surface area (Å²) in [4.78, 5) is 14.2. The summed E-state index contributed by atoms with van der Waals surface area (Å²) in [5.74, 6) is 1.62. The zero-order valence-electron chi connectivity index (χ0n) is 12.5. The lowest BCUT2D eigenvalue weighted by atomic mass is 10.1. The molecule has 4 heteroatoms. The molecule has 0 aliphatic carbocycles. The Morgan fingerprint density at radius 1 is 1.19 bits per heavy atom. The number of ether oxygens (including phenoxy) is 2. The van der Waals surface area contributed by atoms with Gasteiger partial charge in [-0.05, 0) is 44.5 Å². The molecule has 21 heavy (non-hydrogen) atoms. The highest BCUT2D eigenvalue weighted by Crippen LogP contribution is 2.29. The van der Waals surface area contributed by atoms with Crippen molar-refractivity contribution < 1.29 is 14.3 Å². The summed E-state index contributed by atoms with van der Waals surface area (Å²) in [6.45, 7) is 4.76. The maximum atomic E-state index is 11.7. The lowest BCUT2D eigenvalue weighted by Crippen LogP contribution is -2.31. The topological polar surface area (TPSA) is 38.8 Å². The number of carbonyl (C=O) groups is 1. The van der Waals surface area contributed by atoms with Crippen LogP contribution in [-0.2, 0) is 0 Å². The van der Waals surface area contributed by atoms with Crippen LogP contribution in [0.5, 0.6) is 11.5 Å². The molecule has 2 aliphatic rings. The van der Waals surface area contributed by atoms with E-state index in [9.17, 15) is 4.79 Å². The minimum Gasteiger partial charge on any atom is -0.493 e. The number of hydrogen-bond donors (Lipinski definition) is 0. The van der Waals surface area contributed by atoms with Gasteiger partial charge in [0.05, 0.1) is 18.8 Å². The predicted molar refractivity (Wildman–Crippen MR) is 81.3 cm³/mol. The molecule has 0 bridgehead atoms. The number of likely N-dealkylation sites (tertiary alicyclic amines) is 1. The molecule has 0 amide bonds. The van der Waals surface area contributed by atoms with Crippen LogP contribution in [0.15, 0.2) is 18.2 Å². The molecule has 0 unspecified atom stereocenters. The van der Waals surface area contributed by atoms with Crippen LogP contribution in [0.1, 0.15) is 42.5 Å². The van der Waals surface area contributed by atoms with Crippen molar-refractivity contribution in [3.05, 3.63) is 23.8 Å². The molecule has 1 saturated heterocycles. The second kappa shape index (κ2) is 6.94. The molecule has 1 aromatic carbocycles. The number of Topliss-reactive ketones (excluding diaryl/α,β-unsaturated/α-hetero) is 1. The predicted octanol–water partition coefficient (Wildman–Crippen LogP) is 2.91. The van der Waals surface area contributed by atoms with Crippen molar-refractivity contribution in [2.75, 3.05) is 32.8 Å². The largest absolute Gasteiger partial charge is 0.493 e. The summed E-state index contributed by atoms with van der Waals surface area (Å²) in [6, 6.07) is 5.52. The quantitative estimate of drug-likeness (QED) is 0.781. The highest BCUT2D eigenvalue weighted by atomic mass is 16.5. The zero-order valence-corrected chi connectivity index (χ0v) is 12.5. The van der Waals surface area contributed by atoms with Crippen LogP contribution >= 0.6 is 0 Å². The first-order chi connectivity index (χ1) is 10.3. The van der Waals surface area contributed by atoms with E-state index < -0.39 is 0 Å². The van der Waals surface area contributed by atoms with Crippen LogP contribution in [0.4, 0.5) is 0 Å². The maximum Gasteiger partial charge on any atom is 0.169 e. The van der Waals surface area contributed by atoms with Crippen LogP contribution in [0.2, 0.25) is 0 Å². The van der Waals surface area contributed by atoms with Gasteiger partial charge in [-0.1, -0.05) is 6.42 Å². The van der Waals surface area contributed by atoms with Crippen LogP contribution in [0.3, 0.4) is 0 Å². The van der Waals surface area contributed by atoms with E-state index in [1.54, 1.807) is 0 Å². The number of rotatable bonds is 5. The van der Waals surface area contributed by atoms with E-state index in [1.807, 2.05) is 18.2 Å². The van der Waals surface area contributed by atoms with Crippen LogP contribution < -0.4 is 9.47 Å². The van der Waals surface area contributed by atoms with Gasteiger partial charge in [-0.2, -0.15) is 0 Å². The molecule has 0 N–H and O–H groups in total. The molecule has 0 atom stereocenters. The van der Waals surface area contributed by atoms with Crippen molar-refractivity contribution in [2.24, 2.45) is 0 Å². The Bertz CT molecular complexity index is 495. The fraction of sp³-hybridized carbons (Fsp3) is 0.588. The van der Waals surface area contributed by atoms with Gasteiger partial charge in [0.25, 0.3) is 0 Å². The molecule has 4 nitrogen and oxygen atoms in total. The molecule has 114 valence electrons. The molecule has 2 heterocycles. The second-order valence-corrected chi connectivity index (χ2v) is 5.78. The minimum absolute atomic E-state index is 0.160. The first-order valence-electron chi connectivity index (χ1n) is 7.98. The van der Waals surface area contributed by atoms with Crippen LogP contribution in [-0.4, -0.2) is 43.5 Å². The highest BCUT2D eigenvalue weighted by Gasteiger charge is 2.18. The Morgan fingerprint density at radius 2 is 2.05 bits per heavy atom. The Balaban J connectivity index is 1.46. The van der Waals surface area contributed by atoms with Gasteiger partial charge >= 0.3 is 0 Å². The number of hydrogen-bond acceptors (Lipinski definition) is 4. The molecule has 0 aromatic heterocycles. The van der Waals surface area contributed by atoms with Gasteiger partial charge in [-0.25, -0.2) is 0 Å². The van der Waals surface area contributed by atoms with Gasteiger partial charge in [-0.15, -0.1) is 0 Å². The Hall–Kier alpha value is -1.55. The lowest BCUT2D eigenvalue weighted by molar-refractivity contribution is 0.0933. The molecule has 1 fully saturated rings. The number of ketones is 1. The summed E-state index contributed by atoms with van der Waals surface area (Å²) >= 11 is 0. The van der Waals surface area contributed by atoms with E-state index in [4.69, 9.17) is 9.47 Å². The molecule has 3 rings (SSSR count). The fourth-order valence-corrected chi connectivity index (χ4v) is 2.99. The molecule has 0 saturated carbocycles. The number of nitrogens with zero attached hydrogens (tertiary/aromatic N) is 1. The van der Waals surface area contributed by atoms with E-state index in [2.05, 4.69) is 4.90 Å². The van der Waals surface area contributed by atoms with Crippen LogP contribution in [0, 0.1) is 0 Å². The summed E-state index contributed by atoms with van der Waals surface area (Å²) in [6.07, 6.45) is 5.55. The lowest BCUT2D eigenvalue weighted by Gasteiger charge is -2.26. The average molecular weight is 289 g/mol. The molecular weight excluding hydrogens is 266 g/mol. The number of carbonyl (C=O) groups excluding carboxylic acids is 1. The molecule has 1 aromatic rings. The average Bonchev–Trinajstić information content (AvgIpc) is 2.53. The number of fused-ring (bicyclic) bond motifs is 1. The summed E-state index contributed by atoms with van der Waals surface area (Å²) in [5.41, 5.74) is 0.682. The Morgan fingerprint density at radius 3 is 2.90 bits per heavy atom. The Labute approximate surface area is 126 Å². The summed E-state index contributed by atoms with van der Waals surface area (Å²) in [5, 5.41) is 0. The third-order valence-electron chi connectivity index (χ3n) is 4.18. The standard InChI is InChI=1S/C17H23NO3/c19-16-7-12-21-17-13-14(5-6-15(16)17)20-11-4-10-18-8-2-1-3-9-18/h5-6,13H,1-4,7-12H2. The minimum atomic E-state index is 0.160. The maximum absolute atomic E-state index is 11.7. The van der Waals surface area contributed by atoms with Crippen molar-refractivity contribution in [3.8, 4) is 11.5 Å². The van der Waals surface area contributed by atoms with Crippen molar-refractivity contribution in [1.29, 1.82) is 0 Å². The third-order valence-corrected chi connectivity index (χ3v) is 4.18. The second-order valence-electron chi connectivity index (χ2n) is 5.78. The van der Waals surface area contributed by atoms with Gasteiger partial charge in [0.1, 0.15) is 11.5 Å². The first kappa shape index (κ1) is 14.4. The number of benzene rings is 1. The highest BCUT2D eigenvalue weighted by molar-refractivity contribution is 5.99. The molecule has 0 radical (unpaired) electrons. The van der Waals surface area contributed by atoms with Crippen molar-refractivity contribution >= 4 is 5.78 Å². The third kappa shape index (κ3) is 3.76. The smallest absolute Gasteiger partial charge is 0.169 e. The van der Waals surface area contributed by atoms with Gasteiger partial charge in [0.2, 0.25) is 0 Å². The van der Waals surface area contributed by atoms with Gasteiger partial charge in [0, 0.05) is 19.0 Å². The van der Waals surface area contributed by atoms with Crippen LogP contribution in [0.25, 0.3) is 0 Å². The monoisotopic (exact) mass is 289 g/mol. The van der Waals surface area contributed by atoms with Gasteiger partial charge < -0.3 is 14.4 Å². The summed E-state index contributed by atoms with van der Waals surface area (Å²) < 4.78 is 11.3. The normalized spacial score (nSPS) is 19.0. The van der Waals surface area contributed by atoms with Crippen molar-refractivity contribution in [2.45, 2.75) is 32.1 Å². The molecular formula is C17H23NO3. The van der Waals surface area contributed by atoms with E-state index in [0.717, 1.165) is 18.7 Å². The van der Waals surface area contributed by atoms with E-state index in [0.29, 0.717) is 30.9 Å². The van der Waals surface area contributed by atoms with Gasteiger partial charge in [0.15, 0.2) is 5.78 Å². The number of piperidine rings is 1. The molecule has 2 aliphatic heterocycles. The van der Waals surface area contributed by atoms with Crippen molar-refractivity contribution in [1.82, 2.24) is 4.90 Å². The van der Waals surface area contributed by atoms with Crippen molar-refractivity contribution in [3.63, 3.8) is 0 Å². The zero-order chi connectivity index (χ0) is 14.5. The SMILES string of the molecule is O=C1CCOc2cc(OCCCN3CCCCC3)ccc21. The summed E-state index contributed by atoms with van der Waals surface area (Å²) in [7, 11) is 0. The van der Waals surface area contributed by atoms with E-state index >= 15 is 0 Å². The van der Waals surface area contributed by atoms with Gasteiger partial charge in [-0.3, -0.25) is 4.79 Å². The Kier molecular flexibility index (Phi) is 4.76. The van der Waals surface area contributed by atoms with E-state index in [-0.39, 0.29) is 5.78 Å². The first-order valence-corrected chi connectivity index (χ1v) is 7.98. The fourth-order valence-electron chi connectivity index (χ4n) is 2.99. The van der Waals surface area contributed by atoms with E-state index in [1.165, 1.54) is 32.4 Å².